The summed E-state index contributed by atoms with van der Waals surface area (Å²) in [5, 5.41) is 6.96. The molecular formula is C72H47N3O2S. The zero-order valence-corrected chi connectivity index (χ0v) is 43.0. The van der Waals surface area contributed by atoms with Crippen LogP contribution >= 0.6 is 11.3 Å². The number of fused-ring (bicyclic) bond motifs is 9. The van der Waals surface area contributed by atoms with Gasteiger partial charge in [0.1, 0.15) is 22.3 Å². The minimum Gasteiger partial charge on any atom is -0.455 e. The fraction of sp³-hybridized carbons (Fsp3) is 0. The maximum Gasteiger partial charge on any atom is 0.143 e. The Hall–Kier alpha value is -10.1. The van der Waals surface area contributed by atoms with Crippen LogP contribution in [0.15, 0.2) is 294 Å². The Morgan fingerprint density at radius 3 is 1.21 bits per heavy atom. The third-order valence-electron chi connectivity index (χ3n) is 15.0. The summed E-state index contributed by atoms with van der Waals surface area (Å²) in [6, 6.07) is 102. The summed E-state index contributed by atoms with van der Waals surface area (Å²) in [6.45, 7) is 0. The van der Waals surface area contributed by atoms with Gasteiger partial charge in [0, 0.05) is 104 Å². The van der Waals surface area contributed by atoms with Crippen molar-refractivity contribution in [3.8, 4) is 22.3 Å². The van der Waals surface area contributed by atoms with Gasteiger partial charge in [0.25, 0.3) is 0 Å². The zero-order valence-electron chi connectivity index (χ0n) is 42.2. The van der Waals surface area contributed by atoms with E-state index >= 15 is 0 Å². The molecule has 0 aliphatic heterocycles. The molecule has 15 aromatic rings. The molecule has 3 heterocycles. The van der Waals surface area contributed by atoms with Gasteiger partial charge in [0.05, 0.1) is 0 Å². The second-order valence-corrected chi connectivity index (χ2v) is 20.7. The Morgan fingerprint density at radius 1 is 0.231 bits per heavy atom. The molecule has 0 N–H and O–H groups in total. The molecule has 368 valence electrons. The summed E-state index contributed by atoms with van der Waals surface area (Å²) in [5.74, 6) is 0. The Labute approximate surface area is 454 Å². The average molecular weight is 1020 g/mol. The van der Waals surface area contributed by atoms with Gasteiger partial charge >= 0.3 is 0 Å². The molecular weight excluding hydrogens is 971 g/mol. The van der Waals surface area contributed by atoms with Crippen molar-refractivity contribution in [1.29, 1.82) is 0 Å². The van der Waals surface area contributed by atoms with Gasteiger partial charge in [-0.15, -0.1) is 11.3 Å². The van der Waals surface area contributed by atoms with Gasteiger partial charge < -0.3 is 23.5 Å². The van der Waals surface area contributed by atoms with Crippen LogP contribution in [0.4, 0.5) is 51.2 Å². The highest BCUT2D eigenvalue weighted by Crippen LogP contribution is 2.47. The number of benzene rings is 12. The lowest BCUT2D eigenvalue weighted by atomic mass is 10.0. The summed E-state index contributed by atoms with van der Waals surface area (Å²) in [6.07, 6.45) is 0. The predicted octanol–water partition coefficient (Wildman–Crippen LogP) is 21.6. The first-order valence-electron chi connectivity index (χ1n) is 26.3. The standard InChI is InChI=1S/C72H47N3O2S/c1-3-19-50(20-4-1)73(52-40-38-48(39-41-52)59-31-16-33-64-61-28-7-10-35-67(61)76-71(59)64)54-24-14-25-55(45-54)74(51-21-5-2-6-22-51)56-26-15-27-57(46-56)75(58-42-43-70-66(47-58)63-30-9-12-37-69(63)78-70)53-23-13-18-49(44-53)60-32-17-34-65-62-29-8-11-36-68(62)77-72(60)65/h1-47H. The molecule has 0 bridgehead atoms. The summed E-state index contributed by atoms with van der Waals surface area (Å²) in [4.78, 5) is 7.09. The van der Waals surface area contributed by atoms with Gasteiger partial charge in [-0.1, -0.05) is 164 Å². The molecule has 0 saturated carbocycles. The SMILES string of the molecule is c1ccc(N(c2ccc(-c3cccc4c3oc3ccccc34)cc2)c2cccc(N(c3ccccc3)c3cccc(N(c4cccc(-c5cccc6c5oc5ccccc56)c4)c4ccc5sc6ccccc6c5c4)c3)c2)cc1. The molecule has 5 nitrogen and oxygen atoms in total. The van der Waals surface area contributed by atoms with Crippen LogP contribution in [-0.2, 0) is 0 Å². The van der Waals surface area contributed by atoms with E-state index in [1.807, 2.05) is 35.6 Å². The fourth-order valence-electron chi connectivity index (χ4n) is 11.4. The number of para-hydroxylation sites is 6. The van der Waals surface area contributed by atoms with Crippen molar-refractivity contribution in [3.63, 3.8) is 0 Å². The highest BCUT2D eigenvalue weighted by atomic mass is 32.1. The first-order valence-corrected chi connectivity index (χ1v) is 27.1. The second-order valence-electron chi connectivity index (χ2n) is 19.7. The van der Waals surface area contributed by atoms with E-state index in [0.717, 1.165) is 117 Å². The van der Waals surface area contributed by atoms with E-state index in [1.165, 1.54) is 20.2 Å². The lowest BCUT2D eigenvalue weighted by Gasteiger charge is -2.31. The highest BCUT2D eigenvalue weighted by molar-refractivity contribution is 7.25. The Balaban J connectivity index is 0.854. The average Bonchev–Trinajstić information content (AvgIpc) is 4.27. The van der Waals surface area contributed by atoms with Crippen LogP contribution in [0.1, 0.15) is 0 Å². The van der Waals surface area contributed by atoms with Crippen LogP contribution in [-0.4, -0.2) is 0 Å². The topological polar surface area (TPSA) is 36.0 Å². The van der Waals surface area contributed by atoms with Gasteiger partial charge in [-0.3, -0.25) is 0 Å². The van der Waals surface area contributed by atoms with Crippen LogP contribution in [0.5, 0.6) is 0 Å². The number of rotatable bonds is 11. The largest absolute Gasteiger partial charge is 0.455 e. The van der Waals surface area contributed by atoms with Crippen molar-refractivity contribution in [1.82, 2.24) is 0 Å². The van der Waals surface area contributed by atoms with E-state index in [-0.39, 0.29) is 0 Å². The molecule has 0 fully saturated rings. The molecule has 6 heteroatoms. The van der Waals surface area contributed by atoms with Gasteiger partial charge in [-0.05, 0) is 132 Å². The fourth-order valence-corrected chi connectivity index (χ4v) is 12.5. The van der Waals surface area contributed by atoms with Crippen LogP contribution in [0.3, 0.4) is 0 Å². The van der Waals surface area contributed by atoms with E-state index in [2.05, 4.69) is 276 Å². The smallest absolute Gasteiger partial charge is 0.143 e. The van der Waals surface area contributed by atoms with Crippen LogP contribution in [0.2, 0.25) is 0 Å². The molecule has 3 aromatic heterocycles. The first kappa shape index (κ1) is 45.3. The molecule has 0 aliphatic rings. The van der Waals surface area contributed by atoms with Crippen molar-refractivity contribution in [2.45, 2.75) is 0 Å². The first-order chi connectivity index (χ1) is 38.7. The van der Waals surface area contributed by atoms with E-state index in [4.69, 9.17) is 8.83 Å². The Bertz CT molecular complexity index is 4710. The quantitative estimate of drug-likeness (QED) is 0.129. The monoisotopic (exact) mass is 1020 g/mol. The number of anilines is 9. The molecule has 0 aliphatic carbocycles. The van der Waals surface area contributed by atoms with Crippen molar-refractivity contribution in [2.75, 3.05) is 14.7 Å². The maximum atomic E-state index is 6.61. The van der Waals surface area contributed by atoms with Crippen LogP contribution < -0.4 is 14.7 Å². The molecule has 0 saturated heterocycles. The Kier molecular flexibility index (Phi) is 11.0. The van der Waals surface area contributed by atoms with Gasteiger partial charge in [0.15, 0.2) is 0 Å². The van der Waals surface area contributed by atoms with Crippen molar-refractivity contribution in [3.05, 3.63) is 285 Å². The third kappa shape index (κ3) is 7.85. The van der Waals surface area contributed by atoms with Gasteiger partial charge in [0.2, 0.25) is 0 Å². The predicted molar refractivity (Wildman–Crippen MR) is 329 cm³/mol. The van der Waals surface area contributed by atoms with E-state index in [0.29, 0.717) is 0 Å². The molecule has 0 radical (unpaired) electrons. The number of nitrogens with zero attached hydrogens (tertiary/aromatic N) is 3. The normalized spacial score (nSPS) is 11.6. The molecule has 78 heavy (non-hydrogen) atoms. The number of furan rings is 2. The number of hydrogen-bond donors (Lipinski definition) is 0. The molecule has 12 aromatic carbocycles. The van der Waals surface area contributed by atoms with Crippen LogP contribution in [0.25, 0.3) is 86.3 Å². The highest BCUT2D eigenvalue weighted by Gasteiger charge is 2.22. The summed E-state index contributed by atoms with van der Waals surface area (Å²) >= 11 is 1.84. The number of thiophene rings is 1. The molecule has 0 amide bonds. The summed E-state index contributed by atoms with van der Waals surface area (Å²) < 4.78 is 15.6. The summed E-state index contributed by atoms with van der Waals surface area (Å²) in [5.41, 5.74) is 17.2. The zero-order chi connectivity index (χ0) is 51.5. The molecule has 15 rings (SSSR count). The molecule has 0 atom stereocenters. The van der Waals surface area contributed by atoms with E-state index < -0.39 is 0 Å². The lowest BCUT2D eigenvalue weighted by Crippen LogP contribution is -2.14. The lowest BCUT2D eigenvalue weighted by molar-refractivity contribution is 0.669. The van der Waals surface area contributed by atoms with Crippen molar-refractivity contribution in [2.24, 2.45) is 0 Å². The summed E-state index contributed by atoms with van der Waals surface area (Å²) in [7, 11) is 0. The molecule has 0 spiro atoms. The molecule has 0 unspecified atom stereocenters. The van der Waals surface area contributed by atoms with Crippen molar-refractivity contribution < 1.29 is 8.83 Å². The Morgan fingerprint density at radius 2 is 0.615 bits per heavy atom. The van der Waals surface area contributed by atoms with Gasteiger partial charge in [-0.25, -0.2) is 0 Å². The maximum absolute atomic E-state index is 6.61. The van der Waals surface area contributed by atoms with Gasteiger partial charge in [-0.2, -0.15) is 0 Å². The van der Waals surface area contributed by atoms with E-state index in [1.54, 1.807) is 0 Å². The number of hydrogen-bond acceptors (Lipinski definition) is 6. The van der Waals surface area contributed by atoms with E-state index in [9.17, 15) is 0 Å². The second kappa shape index (κ2) is 18.9. The van der Waals surface area contributed by atoms with Crippen LogP contribution in [0, 0.1) is 0 Å². The minimum absolute atomic E-state index is 0.884. The minimum atomic E-state index is 0.884. The van der Waals surface area contributed by atoms with Crippen molar-refractivity contribution >= 4 is 127 Å². The third-order valence-corrected chi connectivity index (χ3v) is 16.2.